The van der Waals surface area contributed by atoms with Gasteiger partial charge in [0.2, 0.25) is 10.0 Å². The zero-order chi connectivity index (χ0) is 18.1. The molecule has 2 N–H and O–H groups in total. The number of hydrogen-bond acceptors (Lipinski definition) is 4. The van der Waals surface area contributed by atoms with Crippen molar-refractivity contribution in [3.8, 4) is 0 Å². The van der Waals surface area contributed by atoms with Crippen molar-refractivity contribution in [2.24, 2.45) is 4.99 Å². The molecule has 140 valence electrons. The molecular formula is C17H28N4O3S. The molecule has 0 atom stereocenters. The molecule has 0 aliphatic carbocycles. The van der Waals surface area contributed by atoms with Gasteiger partial charge in [0, 0.05) is 26.2 Å². The lowest BCUT2D eigenvalue weighted by Gasteiger charge is -2.26. The Hall–Kier alpha value is -1.64. The molecule has 0 amide bonds. The van der Waals surface area contributed by atoms with E-state index in [2.05, 4.69) is 27.8 Å². The summed E-state index contributed by atoms with van der Waals surface area (Å²) in [6.45, 7) is 7.41. The van der Waals surface area contributed by atoms with Crippen molar-refractivity contribution in [1.82, 2.24) is 14.9 Å². The maximum absolute atomic E-state index is 12.3. The predicted octanol–water partition coefficient (Wildman–Crippen LogP) is 0.712. The number of benzene rings is 1. The number of sulfonamides is 1. The van der Waals surface area contributed by atoms with Gasteiger partial charge in [-0.25, -0.2) is 13.4 Å². The van der Waals surface area contributed by atoms with Crippen molar-refractivity contribution >= 4 is 16.0 Å². The third-order valence-electron chi connectivity index (χ3n) is 3.90. The summed E-state index contributed by atoms with van der Waals surface area (Å²) in [5.41, 5.74) is 2.33. The lowest BCUT2D eigenvalue weighted by molar-refractivity contribution is 0.0730. The van der Waals surface area contributed by atoms with Crippen LogP contribution in [0.25, 0.3) is 0 Å². The fraction of sp³-hybridized carbons (Fsp3) is 0.588. The Balaban J connectivity index is 1.85. The summed E-state index contributed by atoms with van der Waals surface area (Å²) in [6.07, 6.45) is 0. The second kappa shape index (κ2) is 9.74. The van der Waals surface area contributed by atoms with Gasteiger partial charge in [-0.3, -0.25) is 0 Å². The van der Waals surface area contributed by atoms with Crippen LogP contribution in [0.3, 0.4) is 0 Å². The van der Waals surface area contributed by atoms with Gasteiger partial charge in [-0.2, -0.15) is 4.31 Å². The molecule has 1 heterocycles. The molecule has 0 unspecified atom stereocenters. The third-order valence-corrected chi connectivity index (χ3v) is 5.77. The summed E-state index contributed by atoms with van der Waals surface area (Å²) in [4.78, 5) is 4.51. The lowest BCUT2D eigenvalue weighted by Crippen LogP contribution is -2.45. The van der Waals surface area contributed by atoms with E-state index in [-0.39, 0.29) is 5.75 Å². The average molecular weight is 369 g/mol. The zero-order valence-electron chi connectivity index (χ0n) is 15.0. The average Bonchev–Trinajstić information content (AvgIpc) is 2.61. The van der Waals surface area contributed by atoms with E-state index in [1.807, 2.05) is 26.0 Å². The second-order valence-corrected chi connectivity index (χ2v) is 8.02. The highest BCUT2D eigenvalue weighted by Gasteiger charge is 2.23. The Bertz CT molecular complexity index is 653. The van der Waals surface area contributed by atoms with E-state index in [1.165, 1.54) is 9.87 Å². The summed E-state index contributed by atoms with van der Waals surface area (Å²) >= 11 is 0. The molecule has 0 saturated carbocycles. The normalized spacial score (nSPS) is 16.6. The van der Waals surface area contributed by atoms with Crippen LogP contribution in [0.4, 0.5) is 0 Å². The lowest BCUT2D eigenvalue weighted by atomic mass is 10.1. The molecule has 1 aromatic carbocycles. The van der Waals surface area contributed by atoms with Gasteiger partial charge < -0.3 is 15.4 Å². The van der Waals surface area contributed by atoms with Crippen LogP contribution in [-0.2, 0) is 21.3 Å². The highest BCUT2D eigenvalue weighted by molar-refractivity contribution is 7.89. The number of guanidine groups is 1. The Kier molecular flexibility index (Phi) is 7.67. The Morgan fingerprint density at radius 1 is 1.20 bits per heavy atom. The van der Waals surface area contributed by atoms with Gasteiger partial charge in [0.1, 0.15) is 0 Å². The van der Waals surface area contributed by atoms with Crippen LogP contribution in [0.15, 0.2) is 29.3 Å². The van der Waals surface area contributed by atoms with Crippen LogP contribution in [0, 0.1) is 6.92 Å². The number of aliphatic imine (C=N–C) groups is 1. The molecule has 1 saturated heterocycles. The van der Waals surface area contributed by atoms with Crippen molar-refractivity contribution in [2.75, 3.05) is 45.1 Å². The van der Waals surface area contributed by atoms with Crippen molar-refractivity contribution in [2.45, 2.75) is 20.4 Å². The highest BCUT2D eigenvalue weighted by Crippen LogP contribution is 2.05. The minimum atomic E-state index is -3.26. The predicted molar refractivity (Wildman–Crippen MR) is 100 cm³/mol. The van der Waals surface area contributed by atoms with Crippen molar-refractivity contribution in [3.63, 3.8) is 0 Å². The first kappa shape index (κ1) is 19.7. The van der Waals surface area contributed by atoms with E-state index in [9.17, 15) is 8.42 Å². The topological polar surface area (TPSA) is 83.0 Å². The molecule has 1 aromatic rings. The van der Waals surface area contributed by atoms with Crippen LogP contribution in [-0.4, -0.2) is 63.8 Å². The monoisotopic (exact) mass is 368 g/mol. The summed E-state index contributed by atoms with van der Waals surface area (Å²) in [7, 11) is -3.26. The molecule has 0 spiro atoms. The molecule has 1 fully saturated rings. The minimum Gasteiger partial charge on any atom is -0.379 e. The summed E-state index contributed by atoms with van der Waals surface area (Å²) in [5, 5.41) is 6.24. The fourth-order valence-corrected chi connectivity index (χ4v) is 3.78. The van der Waals surface area contributed by atoms with Gasteiger partial charge in [0.25, 0.3) is 0 Å². The SMILES string of the molecule is CCNC(=NCc1ccc(C)cc1)NCCS(=O)(=O)N1CCOCC1. The molecule has 2 rings (SSSR count). The number of aryl methyl sites for hydroxylation is 1. The van der Waals surface area contributed by atoms with Gasteiger partial charge in [-0.15, -0.1) is 0 Å². The molecule has 1 aliphatic rings. The Morgan fingerprint density at radius 2 is 1.88 bits per heavy atom. The molecule has 1 aliphatic heterocycles. The van der Waals surface area contributed by atoms with Gasteiger partial charge in [-0.05, 0) is 19.4 Å². The van der Waals surface area contributed by atoms with Crippen LogP contribution in [0.5, 0.6) is 0 Å². The second-order valence-electron chi connectivity index (χ2n) is 5.93. The maximum atomic E-state index is 12.3. The van der Waals surface area contributed by atoms with E-state index < -0.39 is 10.0 Å². The first-order valence-corrected chi connectivity index (χ1v) is 10.3. The van der Waals surface area contributed by atoms with E-state index in [4.69, 9.17) is 4.74 Å². The number of hydrogen-bond donors (Lipinski definition) is 2. The first-order chi connectivity index (χ1) is 12.0. The summed E-state index contributed by atoms with van der Waals surface area (Å²) in [5.74, 6) is 0.669. The molecule has 8 heteroatoms. The first-order valence-electron chi connectivity index (χ1n) is 8.64. The third kappa shape index (κ3) is 6.64. The van der Waals surface area contributed by atoms with Gasteiger partial charge in [-0.1, -0.05) is 29.8 Å². The number of ether oxygens (including phenoxy) is 1. The van der Waals surface area contributed by atoms with Crippen molar-refractivity contribution in [1.29, 1.82) is 0 Å². The van der Waals surface area contributed by atoms with E-state index in [1.54, 1.807) is 0 Å². The van der Waals surface area contributed by atoms with Crippen LogP contribution >= 0.6 is 0 Å². The van der Waals surface area contributed by atoms with Crippen LogP contribution < -0.4 is 10.6 Å². The smallest absolute Gasteiger partial charge is 0.215 e. The quantitative estimate of drug-likeness (QED) is 0.547. The maximum Gasteiger partial charge on any atom is 0.215 e. The molecule has 0 bridgehead atoms. The standard InChI is InChI=1S/C17H28N4O3S/c1-3-18-17(20-14-16-6-4-15(2)5-7-16)19-8-13-25(22,23)21-9-11-24-12-10-21/h4-7H,3,8-14H2,1-2H3,(H2,18,19,20). The van der Waals surface area contributed by atoms with Gasteiger partial charge >= 0.3 is 0 Å². The largest absolute Gasteiger partial charge is 0.379 e. The van der Waals surface area contributed by atoms with E-state index in [0.29, 0.717) is 45.4 Å². The van der Waals surface area contributed by atoms with Gasteiger partial charge in [0.05, 0.1) is 25.5 Å². The van der Waals surface area contributed by atoms with Crippen molar-refractivity contribution < 1.29 is 13.2 Å². The highest BCUT2D eigenvalue weighted by atomic mass is 32.2. The molecule has 0 aromatic heterocycles. The number of morpholine rings is 1. The summed E-state index contributed by atoms with van der Waals surface area (Å²) < 4.78 is 31.3. The fourth-order valence-electron chi connectivity index (χ4n) is 2.46. The Morgan fingerprint density at radius 3 is 2.52 bits per heavy atom. The molecule has 0 radical (unpaired) electrons. The number of nitrogens with one attached hydrogen (secondary N) is 2. The number of rotatable bonds is 7. The molecular weight excluding hydrogens is 340 g/mol. The molecule has 7 nitrogen and oxygen atoms in total. The number of nitrogens with zero attached hydrogens (tertiary/aromatic N) is 2. The van der Waals surface area contributed by atoms with Crippen LogP contribution in [0.1, 0.15) is 18.1 Å². The van der Waals surface area contributed by atoms with Gasteiger partial charge in [0.15, 0.2) is 5.96 Å². The van der Waals surface area contributed by atoms with Crippen LogP contribution in [0.2, 0.25) is 0 Å². The van der Waals surface area contributed by atoms with E-state index >= 15 is 0 Å². The summed E-state index contributed by atoms with van der Waals surface area (Å²) in [6, 6.07) is 8.21. The van der Waals surface area contributed by atoms with Crippen molar-refractivity contribution in [3.05, 3.63) is 35.4 Å². The Labute approximate surface area is 150 Å². The zero-order valence-corrected chi connectivity index (χ0v) is 15.8. The molecule has 25 heavy (non-hydrogen) atoms. The van der Waals surface area contributed by atoms with E-state index in [0.717, 1.165) is 12.1 Å². The minimum absolute atomic E-state index is 0.0436.